The zero-order valence-corrected chi connectivity index (χ0v) is 12.9. The monoisotopic (exact) mass is 334 g/mol. The molecule has 126 valence electrons. The van der Waals surface area contributed by atoms with Gasteiger partial charge in [0.25, 0.3) is 5.91 Å². The van der Waals surface area contributed by atoms with Crippen LogP contribution in [0.2, 0.25) is 0 Å². The van der Waals surface area contributed by atoms with E-state index in [0.29, 0.717) is 17.5 Å². The molecule has 3 N–H and O–H groups in total. The predicted octanol–water partition coefficient (Wildman–Crippen LogP) is 2.06. The van der Waals surface area contributed by atoms with E-state index in [1.54, 1.807) is 0 Å². The van der Waals surface area contributed by atoms with Crippen molar-refractivity contribution in [3.63, 3.8) is 0 Å². The predicted molar refractivity (Wildman–Crippen MR) is 82.5 cm³/mol. The van der Waals surface area contributed by atoms with Crippen LogP contribution in [0, 0.1) is 17.6 Å². The lowest BCUT2D eigenvalue weighted by Crippen LogP contribution is -2.35. The third kappa shape index (κ3) is 2.82. The molecule has 2 aromatic rings. The summed E-state index contributed by atoms with van der Waals surface area (Å²) >= 11 is 0. The molecule has 5 nitrogen and oxygen atoms in total. The summed E-state index contributed by atoms with van der Waals surface area (Å²) in [7, 11) is 0. The van der Waals surface area contributed by atoms with Crippen molar-refractivity contribution in [3.8, 4) is 17.0 Å². The highest BCUT2D eigenvalue weighted by molar-refractivity contribution is 5.93. The molecule has 7 heteroatoms. The third-order valence-corrected chi connectivity index (χ3v) is 4.16. The third-order valence-electron chi connectivity index (χ3n) is 4.16. The van der Waals surface area contributed by atoms with E-state index < -0.39 is 23.6 Å². The van der Waals surface area contributed by atoms with Gasteiger partial charge in [-0.05, 0) is 36.1 Å². The number of halogens is 2. The molecular formula is C17H16F2N2O3. The number of aliphatic hydroxyl groups is 1. The quantitative estimate of drug-likeness (QED) is 0.900. The van der Waals surface area contributed by atoms with Crippen molar-refractivity contribution in [2.24, 2.45) is 11.7 Å². The van der Waals surface area contributed by atoms with E-state index in [4.69, 9.17) is 10.5 Å². The van der Waals surface area contributed by atoms with Crippen molar-refractivity contribution < 1.29 is 23.4 Å². The number of benzene rings is 1. The van der Waals surface area contributed by atoms with Crippen molar-refractivity contribution >= 4 is 5.91 Å². The Labute approximate surface area is 137 Å². The SMILES string of the molecule is C[C@@H]1Cc2c(-c3ccc(F)cc3F)cc(C(N)=O)nc2O[C@@H]1CO. The van der Waals surface area contributed by atoms with Crippen LogP contribution in [0.4, 0.5) is 8.78 Å². The summed E-state index contributed by atoms with van der Waals surface area (Å²) in [5.74, 6) is -2.13. The van der Waals surface area contributed by atoms with Crippen LogP contribution in [-0.4, -0.2) is 28.7 Å². The summed E-state index contributed by atoms with van der Waals surface area (Å²) < 4.78 is 33.1. The van der Waals surface area contributed by atoms with E-state index in [9.17, 15) is 18.7 Å². The minimum absolute atomic E-state index is 0.0361. The van der Waals surface area contributed by atoms with Gasteiger partial charge in [-0.1, -0.05) is 6.92 Å². The van der Waals surface area contributed by atoms with Crippen LogP contribution in [-0.2, 0) is 6.42 Å². The maximum atomic E-state index is 14.2. The van der Waals surface area contributed by atoms with E-state index in [1.807, 2.05) is 6.92 Å². The Balaban J connectivity index is 2.21. The molecule has 0 radical (unpaired) electrons. The second-order valence-electron chi connectivity index (χ2n) is 5.85. The van der Waals surface area contributed by atoms with Gasteiger partial charge in [0, 0.05) is 17.2 Å². The van der Waals surface area contributed by atoms with Gasteiger partial charge in [-0.2, -0.15) is 0 Å². The standard InChI is InChI=1S/C17H16F2N2O3/c1-8-4-12-11(10-3-2-9(18)5-13(10)19)6-14(16(20)23)21-17(12)24-15(8)7-22/h2-3,5-6,8,15,22H,4,7H2,1H3,(H2,20,23)/t8-,15-/m1/s1. The number of ether oxygens (including phenoxy) is 1. The highest BCUT2D eigenvalue weighted by Gasteiger charge is 2.31. The molecule has 0 aliphatic carbocycles. The average Bonchev–Trinajstić information content (AvgIpc) is 2.53. The number of aliphatic hydroxyl groups excluding tert-OH is 1. The van der Waals surface area contributed by atoms with Gasteiger partial charge in [-0.25, -0.2) is 13.8 Å². The van der Waals surface area contributed by atoms with Crippen molar-refractivity contribution in [2.75, 3.05) is 6.61 Å². The summed E-state index contributed by atoms with van der Waals surface area (Å²) in [6, 6.07) is 4.59. The fourth-order valence-electron chi connectivity index (χ4n) is 2.85. The van der Waals surface area contributed by atoms with Crippen molar-refractivity contribution in [2.45, 2.75) is 19.4 Å². The number of nitrogens with zero attached hydrogens (tertiary/aromatic N) is 1. The normalized spacial score (nSPS) is 19.5. The number of fused-ring (bicyclic) bond motifs is 1. The summed E-state index contributed by atoms with van der Waals surface area (Å²) in [4.78, 5) is 15.6. The van der Waals surface area contributed by atoms with Crippen LogP contribution in [0.1, 0.15) is 23.0 Å². The molecule has 0 saturated heterocycles. The number of carbonyl (C=O) groups excluding carboxylic acids is 1. The van der Waals surface area contributed by atoms with Gasteiger partial charge in [0.05, 0.1) is 6.61 Å². The highest BCUT2D eigenvalue weighted by Crippen LogP contribution is 2.38. The first-order chi connectivity index (χ1) is 11.4. The Morgan fingerprint density at radius 3 is 2.75 bits per heavy atom. The number of pyridine rings is 1. The second-order valence-corrected chi connectivity index (χ2v) is 5.85. The lowest BCUT2D eigenvalue weighted by molar-refractivity contribution is 0.0561. The Kier molecular flexibility index (Phi) is 4.19. The maximum absolute atomic E-state index is 14.2. The topological polar surface area (TPSA) is 85.4 Å². The summed E-state index contributed by atoms with van der Waals surface area (Å²) in [5, 5.41) is 9.38. The van der Waals surface area contributed by atoms with Gasteiger partial charge in [0.2, 0.25) is 5.88 Å². The molecule has 2 heterocycles. The van der Waals surface area contributed by atoms with Gasteiger partial charge in [-0.15, -0.1) is 0 Å². The number of hydrogen-bond donors (Lipinski definition) is 2. The van der Waals surface area contributed by atoms with Crippen molar-refractivity contribution in [1.29, 1.82) is 0 Å². The molecule has 2 atom stereocenters. The summed E-state index contributed by atoms with van der Waals surface area (Å²) in [6.45, 7) is 1.68. The fourth-order valence-corrected chi connectivity index (χ4v) is 2.85. The summed E-state index contributed by atoms with van der Waals surface area (Å²) in [6.07, 6.45) is -0.00213. The molecule has 0 unspecified atom stereocenters. The number of rotatable bonds is 3. The molecule has 1 aliphatic heterocycles. The smallest absolute Gasteiger partial charge is 0.267 e. The van der Waals surface area contributed by atoms with Crippen LogP contribution < -0.4 is 10.5 Å². The first kappa shape index (κ1) is 16.3. The minimum Gasteiger partial charge on any atom is -0.471 e. The van der Waals surface area contributed by atoms with Gasteiger partial charge in [0.1, 0.15) is 23.4 Å². The van der Waals surface area contributed by atoms with E-state index >= 15 is 0 Å². The molecule has 0 saturated carbocycles. The van der Waals surface area contributed by atoms with Crippen LogP contribution in [0.3, 0.4) is 0 Å². The molecule has 1 aromatic carbocycles. The molecule has 24 heavy (non-hydrogen) atoms. The molecule has 1 aliphatic rings. The lowest BCUT2D eigenvalue weighted by Gasteiger charge is -2.31. The number of primary amides is 1. The Morgan fingerprint density at radius 2 is 2.12 bits per heavy atom. The maximum Gasteiger partial charge on any atom is 0.267 e. The molecule has 1 aromatic heterocycles. The molecular weight excluding hydrogens is 318 g/mol. The van der Waals surface area contributed by atoms with Gasteiger partial charge < -0.3 is 15.6 Å². The van der Waals surface area contributed by atoms with Gasteiger partial charge in [0.15, 0.2) is 0 Å². The number of carbonyl (C=O) groups is 1. The Hall–Kier alpha value is -2.54. The van der Waals surface area contributed by atoms with Gasteiger partial charge >= 0.3 is 0 Å². The number of aromatic nitrogens is 1. The molecule has 0 fully saturated rings. The first-order valence-electron chi connectivity index (χ1n) is 7.47. The largest absolute Gasteiger partial charge is 0.471 e. The second kappa shape index (κ2) is 6.16. The minimum atomic E-state index is -0.788. The molecule has 3 rings (SSSR count). The van der Waals surface area contributed by atoms with Crippen LogP contribution in [0.15, 0.2) is 24.3 Å². The van der Waals surface area contributed by atoms with Crippen LogP contribution in [0.25, 0.3) is 11.1 Å². The van der Waals surface area contributed by atoms with E-state index in [1.165, 1.54) is 12.1 Å². The molecule has 0 bridgehead atoms. The van der Waals surface area contributed by atoms with Crippen LogP contribution in [0.5, 0.6) is 5.88 Å². The number of hydrogen-bond acceptors (Lipinski definition) is 4. The number of nitrogens with two attached hydrogens (primary N) is 1. The zero-order chi connectivity index (χ0) is 17.4. The zero-order valence-electron chi connectivity index (χ0n) is 12.9. The summed E-state index contributed by atoms with van der Waals surface area (Å²) in [5.41, 5.74) is 6.32. The Bertz CT molecular complexity index is 811. The van der Waals surface area contributed by atoms with Gasteiger partial charge in [-0.3, -0.25) is 4.79 Å². The van der Waals surface area contributed by atoms with E-state index in [0.717, 1.165) is 12.1 Å². The van der Waals surface area contributed by atoms with E-state index in [2.05, 4.69) is 4.98 Å². The fraction of sp³-hybridized carbons (Fsp3) is 0.294. The van der Waals surface area contributed by atoms with Crippen molar-refractivity contribution in [3.05, 3.63) is 47.2 Å². The Morgan fingerprint density at radius 1 is 1.38 bits per heavy atom. The molecule has 0 spiro atoms. The average molecular weight is 334 g/mol. The van der Waals surface area contributed by atoms with Crippen molar-refractivity contribution in [1.82, 2.24) is 4.98 Å². The lowest BCUT2D eigenvalue weighted by atomic mass is 9.88. The highest BCUT2D eigenvalue weighted by atomic mass is 19.1. The van der Waals surface area contributed by atoms with E-state index in [-0.39, 0.29) is 29.7 Å². The van der Waals surface area contributed by atoms with Crippen LogP contribution >= 0.6 is 0 Å². The first-order valence-corrected chi connectivity index (χ1v) is 7.47. The molecule has 1 amide bonds. The number of amides is 1.